The van der Waals surface area contributed by atoms with E-state index in [1.165, 1.54) is 12.8 Å². The van der Waals surface area contributed by atoms with E-state index in [-0.39, 0.29) is 0 Å². The highest BCUT2D eigenvalue weighted by Crippen LogP contribution is 2.63. The van der Waals surface area contributed by atoms with Crippen LogP contribution in [0.5, 0.6) is 0 Å². The van der Waals surface area contributed by atoms with Gasteiger partial charge in [-0.05, 0) is 30.1 Å². The van der Waals surface area contributed by atoms with Gasteiger partial charge in [0.15, 0.2) is 0 Å². The summed E-state index contributed by atoms with van der Waals surface area (Å²) in [5, 5.41) is 0. The Balaban J connectivity index is 1.98. The fraction of sp³-hybridized carbons (Fsp3) is 1.00. The number of hydrogen-bond acceptors (Lipinski definition) is 1. The van der Waals surface area contributed by atoms with Crippen LogP contribution in [0.3, 0.4) is 0 Å². The minimum absolute atomic E-state index is 0.600. The Labute approximate surface area is 61.8 Å². The summed E-state index contributed by atoms with van der Waals surface area (Å²) in [5.74, 6) is 1.84. The summed E-state index contributed by atoms with van der Waals surface area (Å²) >= 11 is 0. The molecule has 0 N–H and O–H groups in total. The van der Waals surface area contributed by atoms with E-state index in [1.807, 2.05) is 0 Å². The summed E-state index contributed by atoms with van der Waals surface area (Å²) in [6.07, 6.45) is 4.27. The first-order valence-corrected chi connectivity index (χ1v) is 4.34. The Morgan fingerprint density at radius 3 is 2.60 bits per heavy atom. The normalized spacial score (nSPS) is 60.6. The number of fused-ring (bicyclic) bond motifs is 5. The zero-order chi connectivity index (χ0) is 6.93. The van der Waals surface area contributed by atoms with Gasteiger partial charge in [0.05, 0.1) is 12.2 Å². The minimum atomic E-state index is 0.600. The highest BCUT2D eigenvalue weighted by Gasteiger charge is 2.65. The van der Waals surface area contributed by atoms with Crippen LogP contribution in [0.4, 0.5) is 0 Å². The maximum atomic E-state index is 5.58. The molecule has 1 saturated heterocycles. The molecule has 0 aromatic heterocycles. The summed E-state index contributed by atoms with van der Waals surface area (Å²) in [7, 11) is 0. The predicted octanol–water partition coefficient (Wildman–Crippen LogP) is 1.82. The molecule has 56 valence electrons. The van der Waals surface area contributed by atoms with E-state index in [0.717, 1.165) is 11.8 Å². The first kappa shape index (κ1) is 5.59. The second kappa shape index (κ2) is 1.29. The first-order chi connectivity index (χ1) is 4.68. The van der Waals surface area contributed by atoms with E-state index >= 15 is 0 Å². The molecule has 3 rings (SSSR count). The molecule has 0 radical (unpaired) electrons. The van der Waals surface area contributed by atoms with Crippen LogP contribution in [-0.2, 0) is 4.74 Å². The van der Waals surface area contributed by atoms with Gasteiger partial charge in [-0.3, -0.25) is 0 Å². The fourth-order valence-corrected chi connectivity index (χ4v) is 3.22. The summed E-state index contributed by atoms with van der Waals surface area (Å²) in [5.41, 5.74) is 0.600. The first-order valence-electron chi connectivity index (χ1n) is 4.34. The summed E-state index contributed by atoms with van der Waals surface area (Å²) in [6.45, 7) is 4.80. The second-order valence-electron chi connectivity index (χ2n) is 4.86. The van der Waals surface area contributed by atoms with Gasteiger partial charge in [0, 0.05) is 0 Å². The molecule has 0 aromatic carbocycles. The molecule has 1 heteroatoms. The standard InChI is InChI=1S/C9H14O/c1-9(2)4-5-3-6(9)8-7(5)10-8/h5-8H,3-4H2,1-2H3. The van der Waals surface area contributed by atoms with Gasteiger partial charge in [0.25, 0.3) is 0 Å². The lowest BCUT2D eigenvalue weighted by Gasteiger charge is -2.26. The molecule has 4 atom stereocenters. The van der Waals surface area contributed by atoms with Crippen molar-refractivity contribution >= 4 is 0 Å². The monoisotopic (exact) mass is 138 g/mol. The van der Waals surface area contributed by atoms with Crippen molar-refractivity contribution in [3.63, 3.8) is 0 Å². The Kier molecular flexibility index (Phi) is 0.722. The average molecular weight is 138 g/mol. The lowest BCUT2D eigenvalue weighted by molar-refractivity contribution is 0.202. The molecular formula is C9H14O. The van der Waals surface area contributed by atoms with Crippen molar-refractivity contribution in [3.8, 4) is 0 Å². The third-order valence-electron chi connectivity index (χ3n) is 3.77. The smallest absolute Gasteiger partial charge is 0.0878 e. The minimum Gasteiger partial charge on any atom is -0.369 e. The quantitative estimate of drug-likeness (QED) is 0.465. The molecule has 2 bridgehead atoms. The van der Waals surface area contributed by atoms with E-state index in [0.29, 0.717) is 17.6 Å². The predicted molar refractivity (Wildman–Crippen MR) is 38.7 cm³/mol. The Morgan fingerprint density at radius 2 is 2.10 bits per heavy atom. The third kappa shape index (κ3) is 0.460. The Bertz CT molecular complexity index is 185. The summed E-state index contributed by atoms with van der Waals surface area (Å²) < 4.78 is 5.58. The van der Waals surface area contributed by atoms with E-state index < -0.39 is 0 Å². The van der Waals surface area contributed by atoms with Crippen LogP contribution < -0.4 is 0 Å². The molecule has 0 spiro atoms. The van der Waals surface area contributed by atoms with E-state index in [2.05, 4.69) is 13.8 Å². The molecule has 0 aromatic rings. The molecule has 0 amide bonds. The fourth-order valence-electron chi connectivity index (χ4n) is 3.22. The summed E-state index contributed by atoms with van der Waals surface area (Å²) in [4.78, 5) is 0. The second-order valence-corrected chi connectivity index (χ2v) is 4.86. The van der Waals surface area contributed by atoms with Crippen molar-refractivity contribution in [1.29, 1.82) is 0 Å². The van der Waals surface area contributed by atoms with Crippen LogP contribution in [0.2, 0.25) is 0 Å². The van der Waals surface area contributed by atoms with Gasteiger partial charge in [0.1, 0.15) is 0 Å². The van der Waals surface area contributed by atoms with E-state index in [1.54, 1.807) is 0 Å². The van der Waals surface area contributed by atoms with Crippen molar-refractivity contribution in [1.82, 2.24) is 0 Å². The summed E-state index contributed by atoms with van der Waals surface area (Å²) in [6, 6.07) is 0. The van der Waals surface area contributed by atoms with Crippen molar-refractivity contribution in [2.45, 2.75) is 38.9 Å². The van der Waals surface area contributed by atoms with Crippen molar-refractivity contribution < 1.29 is 4.74 Å². The Hall–Kier alpha value is -0.0400. The van der Waals surface area contributed by atoms with Gasteiger partial charge in [0.2, 0.25) is 0 Å². The van der Waals surface area contributed by atoms with Crippen LogP contribution in [0, 0.1) is 17.3 Å². The molecule has 4 unspecified atom stereocenters. The topological polar surface area (TPSA) is 12.5 Å². The van der Waals surface area contributed by atoms with E-state index in [4.69, 9.17) is 4.74 Å². The lowest BCUT2D eigenvalue weighted by Crippen LogP contribution is -2.25. The zero-order valence-corrected chi connectivity index (χ0v) is 6.63. The maximum absolute atomic E-state index is 5.58. The van der Waals surface area contributed by atoms with Crippen LogP contribution in [-0.4, -0.2) is 12.2 Å². The molecule has 3 fully saturated rings. The van der Waals surface area contributed by atoms with Gasteiger partial charge in [-0.2, -0.15) is 0 Å². The van der Waals surface area contributed by atoms with Crippen LogP contribution in [0.1, 0.15) is 26.7 Å². The van der Waals surface area contributed by atoms with Gasteiger partial charge in [-0.15, -0.1) is 0 Å². The average Bonchev–Trinajstić information content (AvgIpc) is 2.46. The number of rotatable bonds is 0. The van der Waals surface area contributed by atoms with Crippen LogP contribution in [0.25, 0.3) is 0 Å². The lowest BCUT2D eigenvalue weighted by atomic mass is 9.77. The van der Waals surface area contributed by atoms with Crippen molar-refractivity contribution in [3.05, 3.63) is 0 Å². The molecule has 2 saturated carbocycles. The number of ether oxygens (including phenoxy) is 1. The molecular weight excluding hydrogens is 124 g/mol. The molecule has 1 heterocycles. The van der Waals surface area contributed by atoms with Gasteiger partial charge in [-0.25, -0.2) is 0 Å². The largest absolute Gasteiger partial charge is 0.369 e. The zero-order valence-electron chi connectivity index (χ0n) is 6.63. The van der Waals surface area contributed by atoms with Gasteiger partial charge in [-0.1, -0.05) is 13.8 Å². The van der Waals surface area contributed by atoms with Crippen molar-refractivity contribution in [2.75, 3.05) is 0 Å². The van der Waals surface area contributed by atoms with E-state index in [9.17, 15) is 0 Å². The molecule has 10 heavy (non-hydrogen) atoms. The van der Waals surface area contributed by atoms with Gasteiger partial charge >= 0.3 is 0 Å². The highest BCUT2D eigenvalue weighted by molar-refractivity contribution is 5.13. The molecule has 2 aliphatic carbocycles. The SMILES string of the molecule is CC1(C)CC2CC1C1OC21. The third-order valence-corrected chi connectivity index (χ3v) is 3.77. The maximum Gasteiger partial charge on any atom is 0.0878 e. The molecule has 3 aliphatic rings. The van der Waals surface area contributed by atoms with Crippen LogP contribution in [0.15, 0.2) is 0 Å². The van der Waals surface area contributed by atoms with Gasteiger partial charge < -0.3 is 4.74 Å². The molecule has 1 nitrogen and oxygen atoms in total. The number of epoxide rings is 1. The highest BCUT2D eigenvalue weighted by atomic mass is 16.6. The number of hydrogen-bond donors (Lipinski definition) is 0. The molecule has 1 aliphatic heterocycles. The van der Waals surface area contributed by atoms with Crippen LogP contribution >= 0.6 is 0 Å². The van der Waals surface area contributed by atoms with Crippen molar-refractivity contribution in [2.24, 2.45) is 17.3 Å². The Morgan fingerprint density at radius 1 is 1.30 bits per heavy atom.